The van der Waals surface area contributed by atoms with Gasteiger partial charge in [0.1, 0.15) is 10.8 Å². The summed E-state index contributed by atoms with van der Waals surface area (Å²) in [6.45, 7) is 2.09. The van der Waals surface area contributed by atoms with Crippen LogP contribution in [0.1, 0.15) is 39.5 Å². The number of benzene rings is 1. The minimum Gasteiger partial charge on any atom is -0.493 e. The molecule has 170 valence electrons. The number of amides is 1. The lowest BCUT2D eigenvalue weighted by molar-refractivity contribution is 0.0997. The summed E-state index contributed by atoms with van der Waals surface area (Å²) in [4.78, 5) is 18.3. The number of nitrogens with zero attached hydrogens (tertiary/aromatic N) is 1. The molecular weight excluding hydrogens is 438 g/mol. The highest BCUT2D eigenvalue weighted by Crippen LogP contribution is 2.40. The van der Waals surface area contributed by atoms with Crippen molar-refractivity contribution in [3.05, 3.63) is 88.8 Å². The average molecular weight is 464 g/mol. The SMILES string of the molecule is CCc1cc([C@H](Nc2ccccn2)c2ccc(OC)c(OC)c2)c(NC(=O)c2ccco2)s1. The Bertz CT molecular complexity index is 1210. The normalized spacial score (nSPS) is 11.6. The maximum atomic E-state index is 12.8. The van der Waals surface area contributed by atoms with E-state index in [4.69, 9.17) is 13.9 Å². The molecule has 3 heterocycles. The zero-order valence-electron chi connectivity index (χ0n) is 18.6. The van der Waals surface area contributed by atoms with Crippen LogP contribution in [0, 0.1) is 0 Å². The van der Waals surface area contributed by atoms with Crippen LogP contribution < -0.4 is 20.1 Å². The van der Waals surface area contributed by atoms with Crippen molar-refractivity contribution < 1.29 is 18.7 Å². The van der Waals surface area contributed by atoms with Crippen LogP contribution in [0.5, 0.6) is 11.5 Å². The second-order valence-corrected chi connectivity index (χ2v) is 8.33. The fraction of sp³-hybridized carbons (Fsp3) is 0.200. The highest BCUT2D eigenvalue weighted by molar-refractivity contribution is 7.16. The Balaban J connectivity index is 1.78. The van der Waals surface area contributed by atoms with Gasteiger partial charge in [-0.15, -0.1) is 11.3 Å². The smallest absolute Gasteiger partial charge is 0.291 e. The number of rotatable bonds is 9. The summed E-state index contributed by atoms with van der Waals surface area (Å²) in [6, 6.07) is 16.6. The van der Waals surface area contributed by atoms with Gasteiger partial charge in [0.2, 0.25) is 0 Å². The molecule has 0 aliphatic rings. The Hall–Kier alpha value is -3.78. The number of thiophene rings is 1. The molecule has 4 aromatic rings. The van der Waals surface area contributed by atoms with Crippen LogP contribution >= 0.6 is 11.3 Å². The Kier molecular flexibility index (Phi) is 6.95. The first-order valence-electron chi connectivity index (χ1n) is 10.5. The second-order valence-electron chi connectivity index (χ2n) is 7.19. The van der Waals surface area contributed by atoms with Gasteiger partial charge in [-0.3, -0.25) is 4.79 Å². The fourth-order valence-corrected chi connectivity index (χ4v) is 4.52. The molecule has 8 heteroatoms. The maximum Gasteiger partial charge on any atom is 0.291 e. The summed E-state index contributed by atoms with van der Waals surface area (Å²) < 4.78 is 16.2. The molecule has 3 aromatic heterocycles. The lowest BCUT2D eigenvalue weighted by atomic mass is 9.99. The van der Waals surface area contributed by atoms with Crippen molar-refractivity contribution in [2.45, 2.75) is 19.4 Å². The monoisotopic (exact) mass is 463 g/mol. The number of hydrogen-bond donors (Lipinski definition) is 2. The molecule has 0 bridgehead atoms. The molecule has 1 aromatic carbocycles. The molecule has 7 nitrogen and oxygen atoms in total. The van der Waals surface area contributed by atoms with Gasteiger partial charge in [-0.05, 0) is 54.4 Å². The number of aryl methyl sites for hydroxylation is 1. The maximum absolute atomic E-state index is 12.8. The molecule has 0 aliphatic heterocycles. The van der Waals surface area contributed by atoms with Crippen molar-refractivity contribution in [3.8, 4) is 11.5 Å². The molecule has 0 radical (unpaired) electrons. The number of pyridine rings is 1. The summed E-state index contributed by atoms with van der Waals surface area (Å²) in [5.41, 5.74) is 1.86. The minimum atomic E-state index is -0.303. The number of furan rings is 1. The van der Waals surface area contributed by atoms with Crippen LogP contribution in [-0.4, -0.2) is 25.1 Å². The number of carbonyl (C=O) groups excluding carboxylic acids is 1. The van der Waals surface area contributed by atoms with E-state index in [0.717, 1.165) is 27.4 Å². The van der Waals surface area contributed by atoms with Crippen molar-refractivity contribution in [2.24, 2.45) is 0 Å². The van der Waals surface area contributed by atoms with E-state index in [9.17, 15) is 4.79 Å². The van der Waals surface area contributed by atoms with Gasteiger partial charge in [-0.25, -0.2) is 4.98 Å². The topological polar surface area (TPSA) is 85.6 Å². The van der Waals surface area contributed by atoms with Crippen LogP contribution in [-0.2, 0) is 6.42 Å². The summed E-state index contributed by atoms with van der Waals surface area (Å²) in [5, 5.41) is 7.28. The molecular formula is C25H25N3O4S. The molecule has 0 aliphatic carbocycles. The number of methoxy groups -OCH3 is 2. The van der Waals surface area contributed by atoms with Crippen LogP contribution in [0.15, 0.2) is 71.5 Å². The number of hydrogen-bond acceptors (Lipinski definition) is 7. The molecule has 33 heavy (non-hydrogen) atoms. The van der Waals surface area contributed by atoms with E-state index in [1.807, 2.05) is 36.4 Å². The standard InChI is InChI=1S/C25H25N3O4S/c1-4-17-15-18(25(33-17)28-24(29)20-8-7-13-32-20)23(27-22-9-5-6-12-26-22)16-10-11-19(30-2)21(14-16)31-3/h5-15,23H,4H2,1-3H3,(H,26,27)(H,28,29)/t23-/m1/s1. The zero-order chi connectivity index (χ0) is 23.2. The molecule has 0 saturated carbocycles. The van der Waals surface area contributed by atoms with Crippen LogP contribution in [0.25, 0.3) is 0 Å². The second kappa shape index (κ2) is 10.2. The number of carbonyl (C=O) groups is 1. The van der Waals surface area contributed by atoms with Crippen molar-refractivity contribution in [2.75, 3.05) is 24.9 Å². The van der Waals surface area contributed by atoms with E-state index in [1.165, 1.54) is 6.26 Å². The number of aromatic nitrogens is 1. The van der Waals surface area contributed by atoms with Gasteiger partial charge >= 0.3 is 0 Å². The highest BCUT2D eigenvalue weighted by atomic mass is 32.1. The van der Waals surface area contributed by atoms with Crippen LogP contribution in [0.3, 0.4) is 0 Å². The third-order valence-corrected chi connectivity index (χ3v) is 6.35. The third-order valence-electron chi connectivity index (χ3n) is 5.14. The quantitative estimate of drug-likeness (QED) is 0.328. The molecule has 0 unspecified atom stereocenters. The average Bonchev–Trinajstić information content (AvgIpc) is 3.53. The molecule has 0 spiro atoms. The van der Waals surface area contributed by atoms with E-state index >= 15 is 0 Å². The van der Waals surface area contributed by atoms with Crippen molar-refractivity contribution in [3.63, 3.8) is 0 Å². The molecule has 1 atom stereocenters. The first-order chi connectivity index (χ1) is 16.1. The van der Waals surface area contributed by atoms with Crippen molar-refractivity contribution >= 4 is 28.1 Å². The van der Waals surface area contributed by atoms with E-state index < -0.39 is 0 Å². The first-order valence-corrected chi connectivity index (χ1v) is 11.3. The molecule has 4 rings (SSSR count). The van der Waals surface area contributed by atoms with Gasteiger partial charge in [0.25, 0.3) is 5.91 Å². The van der Waals surface area contributed by atoms with Crippen molar-refractivity contribution in [1.29, 1.82) is 0 Å². The van der Waals surface area contributed by atoms with E-state index in [-0.39, 0.29) is 17.7 Å². The first kappa shape index (κ1) is 22.4. The van der Waals surface area contributed by atoms with Gasteiger partial charge in [0.05, 0.1) is 26.5 Å². The summed E-state index contributed by atoms with van der Waals surface area (Å²) in [7, 11) is 3.22. The predicted octanol–water partition coefficient (Wildman–Crippen LogP) is 5.77. The Morgan fingerprint density at radius 1 is 1.09 bits per heavy atom. The predicted molar refractivity (Wildman–Crippen MR) is 130 cm³/mol. The fourth-order valence-electron chi connectivity index (χ4n) is 3.49. The highest BCUT2D eigenvalue weighted by Gasteiger charge is 2.24. The third kappa shape index (κ3) is 5.01. The number of ether oxygens (including phenoxy) is 2. The largest absolute Gasteiger partial charge is 0.493 e. The van der Waals surface area contributed by atoms with Gasteiger partial charge in [-0.1, -0.05) is 19.1 Å². The molecule has 0 fully saturated rings. The summed E-state index contributed by atoms with van der Waals surface area (Å²) >= 11 is 1.55. The van der Waals surface area contributed by atoms with E-state index in [1.54, 1.807) is 43.9 Å². The molecule has 0 saturated heterocycles. The Morgan fingerprint density at radius 2 is 1.94 bits per heavy atom. The van der Waals surface area contributed by atoms with Gasteiger partial charge in [0, 0.05) is 16.6 Å². The zero-order valence-corrected chi connectivity index (χ0v) is 19.4. The van der Waals surface area contributed by atoms with Gasteiger partial charge in [0.15, 0.2) is 17.3 Å². The summed E-state index contributed by atoms with van der Waals surface area (Å²) in [5.74, 6) is 1.94. The lowest BCUT2D eigenvalue weighted by Gasteiger charge is -2.22. The Labute approximate surface area is 196 Å². The molecule has 1 amide bonds. The molecule has 2 N–H and O–H groups in total. The van der Waals surface area contributed by atoms with Crippen LogP contribution in [0.2, 0.25) is 0 Å². The van der Waals surface area contributed by atoms with Crippen LogP contribution in [0.4, 0.5) is 10.8 Å². The van der Waals surface area contributed by atoms with E-state index in [2.05, 4.69) is 28.6 Å². The van der Waals surface area contributed by atoms with Crippen molar-refractivity contribution in [1.82, 2.24) is 4.98 Å². The van der Waals surface area contributed by atoms with Gasteiger partial charge in [-0.2, -0.15) is 0 Å². The number of nitrogens with one attached hydrogen (secondary N) is 2. The summed E-state index contributed by atoms with van der Waals surface area (Å²) in [6.07, 6.45) is 4.06. The number of anilines is 2. The van der Waals surface area contributed by atoms with E-state index in [0.29, 0.717) is 17.3 Å². The van der Waals surface area contributed by atoms with Gasteiger partial charge < -0.3 is 24.5 Å². The Morgan fingerprint density at radius 3 is 2.61 bits per heavy atom. The minimum absolute atomic E-state index is 0.257. The lowest BCUT2D eigenvalue weighted by Crippen LogP contribution is -2.17.